The van der Waals surface area contributed by atoms with Crippen molar-refractivity contribution in [2.45, 2.75) is 20.8 Å². The fraction of sp³-hybridized carbons (Fsp3) is 0.333. The summed E-state index contributed by atoms with van der Waals surface area (Å²) in [5.74, 6) is 0.290. The first-order chi connectivity index (χ1) is 13.5. The number of hydrogen-bond donors (Lipinski definition) is 2. The highest BCUT2D eigenvalue weighted by atomic mass is 35.5. The molecule has 0 atom stereocenters. The Bertz CT molecular complexity index is 805. The zero-order chi connectivity index (χ0) is 20.5. The summed E-state index contributed by atoms with van der Waals surface area (Å²) in [5.41, 5.74) is 1.88. The molecule has 0 aromatic heterocycles. The van der Waals surface area contributed by atoms with Crippen LogP contribution < -0.4 is 15.4 Å². The smallest absolute Gasteiger partial charge is 0.253 e. The van der Waals surface area contributed by atoms with Crippen LogP contribution in [0, 0.1) is 0 Å². The van der Waals surface area contributed by atoms with Crippen LogP contribution in [0.15, 0.2) is 42.5 Å². The van der Waals surface area contributed by atoms with Gasteiger partial charge < -0.3 is 20.3 Å². The minimum atomic E-state index is -0.217. The van der Waals surface area contributed by atoms with E-state index in [0.717, 1.165) is 0 Å². The number of nitrogens with one attached hydrogen (secondary N) is 2. The van der Waals surface area contributed by atoms with Crippen molar-refractivity contribution in [3.05, 3.63) is 53.1 Å². The third-order valence-corrected chi connectivity index (χ3v) is 4.46. The molecule has 0 bridgehead atoms. The molecule has 2 aromatic rings. The van der Waals surface area contributed by atoms with E-state index in [-0.39, 0.29) is 18.4 Å². The monoisotopic (exact) mass is 403 g/mol. The third kappa shape index (κ3) is 5.63. The average molecular weight is 404 g/mol. The van der Waals surface area contributed by atoms with Crippen LogP contribution in [0.1, 0.15) is 31.1 Å². The van der Waals surface area contributed by atoms with E-state index in [1.54, 1.807) is 47.4 Å². The van der Waals surface area contributed by atoms with Gasteiger partial charge in [0.1, 0.15) is 0 Å². The summed E-state index contributed by atoms with van der Waals surface area (Å²) in [6, 6.07) is 12.2. The summed E-state index contributed by atoms with van der Waals surface area (Å²) in [7, 11) is 0. The molecule has 0 spiro atoms. The molecule has 2 amide bonds. The highest BCUT2D eigenvalue weighted by Crippen LogP contribution is 2.32. The van der Waals surface area contributed by atoms with Gasteiger partial charge in [0.05, 0.1) is 23.9 Å². The number of benzene rings is 2. The van der Waals surface area contributed by atoms with Crippen molar-refractivity contribution in [2.24, 2.45) is 0 Å². The maximum atomic E-state index is 12.3. The van der Waals surface area contributed by atoms with Crippen LogP contribution in [-0.4, -0.2) is 43.0 Å². The minimum absolute atomic E-state index is 0.0195. The molecule has 0 unspecified atom stereocenters. The summed E-state index contributed by atoms with van der Waals surface area (Å²) in [6.07, 6.45) is 0. The maximum Gasteiger partial charge on any atom is 0.253 e. The zero-order valence-electron chi connectivity index (χ0n) is 16.4. The number of para-hydroxylation sites is 1. The van der Waals surface area contributed by atoms with Gasteiger partial charge in [-0.2, -0.15) is 0 Å². The fourth-order valence-electron chi connectivity index (χ4n) is 2.71. The van der Waals surface area contributed by atoms with Gasteiger partial charge >= 0.3 is 0 Å². The van der Waals surface area contributed by atoms with E-state index in [4.69, 9.17) is 16.3 Å². The van der Waals surface area contributed by atoms with Crippen molar-refractivity contribution in [3.63, 3.8) is 0 Å². The second-order valence-corrected chi connectivity index (χ2v) is 6.41. The highest BCUT2D eigenvalue weighted by molar-refractivity contribution is 6.32. The van der Waals surface area contributed by atoms with E-state index < -0.39 is 0 Å². The summed E-state index contributed by atoms with van der Waals surface area (Å²) in [4.78, 5) is 26.3. The Morgan fingerprint density at radius 2 is 1.71 bits per heavy atom. The lowest BCUT2D eigenvalue weighted by Crippen LogP contribution is -2.30. The number of rotatable bonds is 9. The molecule has 0 fully saturated rings. The lowest BCUT2D eigenvalue weighted by molar-refractivity contribution is -0.114. The second kappa shape index (κ2) is 10.6. The molecule has 6 nitrogen and oxygen atoms in total. The molecule has 2 N–H and O–H groups in total. The maximum absolute atomic E-state index is 12.3. The van der Waals surface area contributed by atoms with Crippen molar-refractivity contribution in [1.82, 2.24) is 4.90 Å². The number of nitrogens with zero attached hydrogens (tertiary/aromatic N) is 1. The summed E-state index contributed by atoms with van der Waals surface area (Å²) < 4.78 is 5.53. The van der Waals surface area contributed by atoms with Crippen molar-refractivity contribution < 1.29 is 14.3 Å². The molecular weight excluding hydrogens is 378 g/mol. The molecule has 0 saturated heterocycles. The van der Waals surface area contributed by atoms with Gasteiger partial charge in [-0.05, 0) is 57.2 Å². The van der Waals surface area contributed by atoms with Crippen molar-refractivity contribution in [1.29, 1.82) is 0 Å². The molecule has 0 heterocycles. The largest absolute Gasteiger partial charge is 0.490 e. The molecule has 0 aliphatic heterocycles. The molecule has 0 radical (unpaired) electrons. The predicted molar refractivity (Wildman–Crippen MR) is 113 cm³/mol. The Morgan fingerprint density at radius 1 is 1.04 bits per heavy atom. The van der Waals surface area contributed by atoms with E-state index in [9.17, 15) is 9.59 Å². The standard InChI is InChI=1S/C21H26ClN3O3/c1-4-25(5-2)21(27)15-10-12-16(13-11-15)24-19(26)14-23-18-9-7-8-17(22)20(18)28-6-3/h7-13,23H,4-6,14H2,1-3H3,(H,24,26). The first-order valence-corrected chi connectivity index (χ1v) is 9.72. The average Bonchev–Trinajstić information content (AvgIpc) is 2.70. The van der Waals surface area contributed by atoms with Crippen molar-refractivity contribution in [3.8, 4) is 5.75 Å². The van der Waals surface area contributed by atoms with Gasteiger partial charge in [0, 0.05) is 24.3 Å². The van der Waals surface area contributed by atoms with E-state index in [2.05, 4.69) is 10.6 Å². The minimum Gasteiger partial charge on any atom is -0.490 e. The third-order valence-electron chi connectivity index (χ3n) is 4.16. The zero-order valence-corrected chi connectivity index (χ0v) is 17.2. The fourth-order valence-corrected chi connectivity index (χ4v) is 2.94. The molecule has 0 aliphatic rings. The number of amides is 2. The normalized spacial score (nSPS) is 10.3. The molecule has 150 valence electrons. The molecule has 0 aliphatic carbocycles. The van der Waals surface area contributed by atoms with Crippen molar-refractivity contribution >= 4 is 34.8 Å². The van der Waals surface area contributed by atoms with Crippen LogP contribution in [0.2, 0.25) is 5.02 Å². The number of ether oxygens (including phenoxy) is 1. The number of hydrogen-bond acceptors (Lipinski definition) is 4. The van der Waals surface area contributed by atoms with Crippen LogP contribution in [0.5, 0.6) is 5.75 Å². The number of carbonyl (C=O) groups excluding carboxylic acids is 2. The Balaban J connectivity index is 1.95. The Hall–Kier alpha value is -2.73. The lowest BCUT2D eigenvalue weighted by Gasteiger charge is -2.18. The molecule has 0 saturated carbocycles. The Morgan fingerprint density at radius 3 is 2.32 bits per heavy atom. The first kappa shape index (κ1) is 21.6. The highest BCUT2D eigenvalue weighted by Gasteiger charge is 2.13. The van der Waals surface area contributed by atoms with Crippen LogP contribution >= 0.6 is 11.6 Å². The number of anilines is 2. The van der Waals surface area contributed by atoms with Crippen LogP contribution in [0.25, 0.3) is 0 Å². The van der Waals surface area contributed by atoms with Gasteiger partial charge in [0.2, 0.25) is 5.91 Å². The predicted octanol–water partition coefficient (Wildman–Crippen LogP) is 4.27. The lowest BCUT2D eigenvalue weighted by atomic mass is 10.1. The molecule has 28 heavy (non-hydrogen) atoms. The van der Waals surface area contributed by atoms with E-state index in [1.165, 1.54) is 0 Å². The Kier molecular flexibility index (Phi) is 8.14. The van der Waals surface area contributed by atoms with E-state index in [0.29, 0.717) is 47.4 Å². The SMILES string of the molecule is CCOc1c(Cl)cccc1NCC(=O)Nc1ccc(C(=O)N(CC)CC)cc1. The van der Waals surface area contributed by atoms with Gasteiger partial charge in [0.25, 0.3) is 5.91 Å². The van der Waals surface area contributed by atoms with Gasteiger partial charge in [-0.3, -0.25) is 9.59 Å². The summed E-state index contributed by atoms with van der Waals surface area (Å²) in [6.45, 7) is 7.61. The van der Waals surface area contributed by atoms with Crippen LogP contribution in [0.3, 0.4) is 0 Å². The van der Waals surface area contributed by atoms with Gasteiger partial charge in [-0.1, -0.05) is 17.7 Å². The van der Waals surface area contributed by atoms with Crippen LogP contribution in [-0.2, 0) is 4.79 Å². The van der Waals surface area contributed by atoms with Gasteiger partial charge in [-0.15, -0.1) is 0 Å². The number of halogens is 1. The second-order valence-electron chi connectivity index (χ2n) is 6.01. The molecule has 7 heteroatoms. The van der Waals surface area contributed by atoms with Crippen LogP contribution in [0.4, 0.5) is 11.4 Å². The first-order valence-electron chi connectivity index (χ1n) is 9.34. The summed E-state index contributed by atoms with van der Waals surface area (Å²) >= 11 is 6.14. The quantitative estimate of drug-likeness (QED) is 0.655. The molecule has 2 rings (SSSR count). The van der Waals surface area contributed by atoms with Gasteiger partial charge in [0.15, 0.2) is 5.75 Å². The Labute approximate surface area is 170 Å². The van der Waals surface area contributed by atoms with Gasteiger partial charge in [-0.25, -0.2) is 0 Å². The summed E-state index contributed by atoms with van der Waals surface area (Å²) in [5, 5.41) is 6.32. The van der Waals surface area contributed by atoms with E-state index in [1.807, 2.05) is 20.8 Å². The van der Waals surface area contributed by atoms with Crippen molar-refractivity contribution in [2.75, 3.05) is 36.9 Å². The molecule has 2 aromatic carbocycles. The van der Waals surface area contributed by atoms with E-state index >= 15 is 0 Å². The number of carbonyl (C=O) groups is 2. The molecular formula is C21H26ClN3O3. The topological polar surface area (TPSA) is 70.7 Å².